The molecule has 0 saturated carbocycles. The van der Waals surface area contributed by atoms with E-state index in [2.05, 4.69) is 23.2 Å². The fourth-order valence-corrected chi connectivity index (χ4v) is 2.33. The number of aryl methyl sites for hydroxylation is 1. The molecule has 0 unspecified atom stereocenters. The number of hydrogen-bond donors (Lipinski definition) is 0. The van der Waals surface area contributed by atoms with Crippen LogP contribution in [0.1, 0.15) is 16.8 Å². The van der Waals surface area contributed by atoms with Crippen molar-refractivity contribution in [3.05, 3.63) is 82.9 Å². The van der Waals surface area contributed by atoms with E-state index in [1.807, 2.05) is 31.4 Å². The van der Waals surface area contributed by atoms with Crippen LogP contribution in [-0.2, 0) is 19.9 Å². The zero-order valence-electron chi connectivity index (χ0n) is 12.4. The average Bonchev–Trinajstić information content (AvgIpc) is 2.96. The highest BCUT2D eigenvalue weighted by molar-refractivity contribution is 5.28. The number of hydrogen-bond acceptors (Lipinski definition) is 3. The van der Waals surface area contributed by atoms with Gasteiger partial charge in [0.15, 0.2) is 0 Å². The Hall–Kier alpha value is -2.69. The van der Waals surface area contributed by atoms with Crippen LogP contribution in [0.2, 0.25) is 0 Å². The van der Waals surface area contributed by atoms with E-state index >= 15 is 0 Å². The van der Waals surface area contributed by atoms with Crippen molar-refractivity contribution in [2.45, 2.75) is 12.8 Å². The Bertz CT molecular complexity index is 848. The van der Waals surface area contributed by atoms with Crippen molar-refractivity contribution >= 4 is 0 Å². The Balaban J connectivity index is 1.94. The minimum absolute atomic E-state index is 0.0554. The lowest BCUT2D eigenvalue weighted by Gasteiger charge is -2.06. The zero-order chi connectivity index (χ0) is 15.5. The Kier molecular flexibility index (Phi) is 3.87. The van der Waals surface area contributed by atoms with Crippen LogP contribution >= 0.6 is 0 Å². The van der Waals surface area contributed by atoms with Crippen LogP contribution in [0.5, 0.6) is 0 Å². The minimum Gasteiger partial charge on any atom is -0.288 e. The molecule has 111 valence electrons. The predicted molar refractivity (Wildman–Crippen MR) is 84.9 cm³/mol. The Morgan fingerprint density at radius 1 is 1.23 bits per heavy atom. The molecule has 0 atom stereocenters. The standard InChI is InChI=1S/C17H17N4O/c1-3-13-5-4-6-14(9-13)10-16-17(22)7-8-21(19-16)15-11-18-20(2)12-15/h4-9,11-12H,1,3,10H2,2H3. The third kappa shape index (κ3) is 2.98. The molecule has 0 aliphatic carbocycles. The number of aromatic nitrogens is 4. The molecule has 0 amide bonds. The Morgan fingerprint density at radius 2 is 2.05 bits per heavy atom. The summed E-state index contributed by atoms with van der Waals surface area (Å²) in [6.45, 7) is 3.89. The van der Waals surface area contributed by atoms with Crippen molar-refractivity contribution in [3.63, 3.8) is 0 Å². The van der Waals surface area contributed by atoms with Gasteiger partial charge in [0.25, 0.3) is 0 Å². The summed E-state index contributed by atoms with van der Waals surface area (Å²) in [7, 11) is 1.84. The molecule has 3 rings (SSSR count). The lowest BCUT2D eigenvalue weighted by atomic mass is 10.0. The molecular formula is C17H17N4O. The van der Waals surface area contributed by atoms with Crippen molar-refractivity contribution in [2.75, 3.05) is 0 Å². The van der Waals surface area contributed by atoms with E-state index in [9.17, 15) is 4.79 Å². The van der Waals surface area contributed by atoms with Gasteiger partial charge < -0.3 is 0 Å². The summed E-state index contributed by atoms with van der Waals surface area (Å²) in [6.07, 6.45) is 6.47. The Morgan fingerprint density at radius 3 is 2.77 bits per heavy atom. The van der Waals surface area contributed by atoms with Crippen molar-refractivity contribution in [2.24, 2.45) is 7.05 Å². The van der Waals surface area contributed by atoms with Gasteiger partial charge in [0.2, 0.25) is 5.43 Å². The first-order valence-corrected chi connectivity index (χ1v) is 7.10. The van der Waals surface area contributed by atoms with Crippen LogP contribution < -0.4 is 5.43 Å². The summed E-state index contributed by atoms with van der Waals surface area (Å²) in [5, 5.41) is 8.56. The maximum absolute atomic E-state index is 12.1. The molecule has 0 spiro atoms. The molecule has 5 heteroatoms. The molecule has 1 aromatic carbocycles. The average molecular weight is 293 g/mol. The fourth-order valence-electron chi connectivity index (χ4n) is 2.33. The monoisotopic (exact) mass is 293 g/mol. The zero-order valence-corrected chi connectivity index (χ0v) is 12.4. The third-order valence-corrected chi connectivity index (χ3v) is 3.49. The minimum atomic E-state index is -0.0554. The van der Waals surface area contributed by atoms with Crippen LogP contribution in [-0.4, -0.2) is 19.6 Å². The highest BCUT2D eigenvalue weighted by Gasteiger charge is 2.07. The highest BCUT2D eigenvalue weighted by atomic mass is 16.1. The van der Waals surface area contributed by atoms with E-state index in [1.54, 1.807) is 27.8 Å². The molecule has 0 saturated heterocycles. The summed E-state index contributed by atoms with van der Waals surface area (Å²) in [6, 6.07) is 9.62. The van der Waals surface area contributed by atoms with Gasteiger partial charge in [-0.3, -0.25) is 9.48 Å². The maximum Gasteiger partial charge on any atom is 0.203 e. The van der Waals surface area contributed by atoms with E-state index in [0.29, 0.717) is 12.1 Å². The molecule has 0 aliphatic heterocycles. The first-order chi connectivity index (χ1) is 10.7. The van der Waals surface area contributed by atoms with Crippen LogP contribution in [0.15, 0.2) is 53.7 Å². The van der Waals surface area contributed by atoms with Crippen molar-refractivity contribution < 1.29 is 0 Å². The van der Waals surface area contributed by atoms with E-state index < -0.39 is 0 Å². The van der Waals surface area contributed by atoms with Crippen LogP contribution in [0.4, 0.5) is 0 Å². The van der Waals surface area contributed by atoms with Gasteiger partial charge in [-0.05, 0) is 24.5 Å². The summed E-state index contributed by atoms with van der Waals surface area (Å²) < 4.78 is 3.38. The van der Waals surface area contributed by atoms with Gasteiger partial charge in [0.1, 0.15) is 11.4 Å². The van der Waals surface area contributed by atoms with E-state index in [1.165, 1.54) is 0 Å². The molecule has 0 bridgehead atoms. The summed E-state index contributed by atoms with van der Waals surface area (Å²) >= 11 is 0. The van der Waals surface area contributed by atoms with Crippen LogP contribution in [0.25, 0.3) is 5.69 Å². The second-order valence-electron chi connectivity index (χ2n) is 5.19. The molecule has 2 aromatic heterocycles. The van der Waals surface area contributed by atoms with E-state index in [4.69, 9.17) is 0 Å². The smallest absolute Gasteiger partial charge is 0.203 e. The normalized spacial score (nSPS) is 10.8. The maximum atomic E-state index is 12.1. The van der Waals surface area contributed by atoms with Crippen LogP contribution in [0, 0.1) is 6.92 Å². The SMILES string of the molecule is [CH2]Cc1cccc(Cc2nn(-c3cnn(C)c3)ccc2=O)c1. The van der Waals surface area contributed by atoms with Crippen LogP contribution in [0.3, 0.4) is 0 Å². The van der Waals surface area contributed by atoms with E-state index in [0.717, 1.165) is 23.2 Å². The molecule has 3 aromatic rings. The molecule has 0 fully saturated rings. The fraction of sp³-hybridized carbons (Fsp3) is 0.176. The van der Waals surface area contributed by atoms with Gasteiger partial charge in [-0.15, -0.1) is 0 Å². The first kappa shape index (κ1) is 14.3. The molecule has 5 nitrogen and oxygen atoms in total. The van der Waals surface area contributed by atoms with Crippen molar-refractivity contribution in [1.82, 2.24) is 19.6 Å². The summed E-state index contributed by atoms with van der Waals surface area (Å²) in [5.41, 5.74) is 3.51. The lowest BCUT2D eigenvalue weighted by Crippen LogP contribution is -2.16. The number of rotatable bonds is 4. The quantitative estimate of drug-likeness (QED) is 0.738. The van der Waals surface area contributed by atoms with Gasteiger partial charge in [-0.25, -0.2) is 4.68 Å². The summed E-state index contributed by atoms with van der Waals surface area (Å²) in [4.78, 5) is 12.1. The number of benzene rings is 1. The second kappa shape index (κ2) is 5.97. The van der Waals surface area contributed by atoms with Gasteiger partial charge in [0, 0.05) is 25.7 Å². The Labute approximate surface area is 128 Å². The molecule has 0 aliphatic rings. The topological polar surface area (TPSA) is 52.7 Å². The van der Waals surface area contributed by atoms with Gasteiger partial charge >= 0.3 is 0 Å². The highest BCUT2D eigenvalue weighted by Crippen LogP contribution is 2.10. The number of nitrogens with zero attached hydrogens (tertiary/aromatic N) is 4. The lowest BCUT2D eigenvalue weighted by molar-refractivity contribution is 0.762. The predicted octanol–water partition coefficient (Wildman–Crippen LogP) is 1.93. The summed E-state index contributed by atoms with van der Waals surface area (Å²) in [5.74, 6) is 0. The van der Waals surface area contributed by atoms with Crippen molar-refractivity contribution in [3.8, 4) is 5.69 Å². The third-order valence-electron chi connectivity index (χ3n) is 3.49. The van der Waals surface area contributed by atoms with Gasteiger partial charge in [-0.1, -0.05) is 24.3 Å². The van der Waals surface area contributed by atoms with Gasteiger partial charge in [-0.2, -0.15) is 10.2 Å². The van der Waals surface area contributed by atoms with Crippen molar-refractivity contribution in [1.29, 1.82) is 0 Å². The molecule has 0 N–H and O–H groups in total. The molecule has 1 radical (unpaired) electrons. The molecule has 2 heterocycles. The second-order valence-corrected chi connectivity index (χ2v) is 5.19. The molecular weight excluding hydrogens is 276 g/mol. The molecule has 22 heavy (non-hydrogen) atoms. The first-order valence-electron chi connectivity index (χ1n) is 7.10. The van der Waals surface area contributed by atoms with E-state index in [-0.39, 0.29) is 5.43 Å². The van der Waals surface area contributed by atoms with Gasteiger partial charge in [0.05, 0.1) is 12.4 Å². The largest absolute Gasteiger partial charge is 0.288 e.